The summed E-state index contributed by atoms with van der Waals surface area (Å²) in [6.07, 6.45) is 0.606. The van der Waals surface area contributed by atoms with Crippen LogP contribution < -0.4 is 5.32 Å². The van der Waals surface area contributed by atoms with Crippen molar-refractivity contribution in [2.45, 2.75) is 19.3 Å². The van der Waals surface area contributed by atoms with Crippen LogP contribution in [0.2, 0.25) is 5.02 Å². The highest BCUT2D eigenvalue weighted by Gasteiger charge is 2.21. The third-order valence-corrected chi connectivity index (χ3v) is 3.72. The molecule has 2 aromatic carbocycles. The first kappa shape index (κ1) is 17.0. The van der Waals surface area contributed by atoms with E-state index in [2.05, 4.69) is 5.32 Å². The summed E-state index contributed by atoms with van der Waals surface area (Å²) in [6.45, 7) is 1.57. The van der Waals surface area contributed by atoms with E-state index in [9.17, 15) is 9.59 Å². The first-order valence-electron chi connectivity index (χ1n) is 7.37. The highest BCUT2D eigenvalue weighted by Crippen LogP contribution is 2.22. The summed E-state index contributed by atoms with van der Waals surface area (Å²) in [4.78, 5) is 24.0. The fraction of sp³-hybridized carbons (Fsp3) is 0.222. The quantitative estimate of drug-likeness (QED) is 0.813. The van der Waals surface area contributed by atoms with Crippen LogP contribution in [0, 0.1) is 0 Å². The van der Waals surface area contributed by atoms with Crippen molar-refractivity contribution in [1.29, 1.82) is 0 Å². The number of carbonyl (C=O) groups is 2. The highest BCUT2D eigenvalue weighted by molar-refractivity contribution is 6.33. The zero-order chi connectivity index (χ0) is 16.7. The lowest BCUT2D eigenvalue weighted by Crippen LogP contribution is -2.24. The van der Waals surface area contributed by atoms with Gasteiger partial charge in [0.15, 0.2) is 6.61 Å². The number of carbonyl (C=O) groups excluding carboxylic acids is 2. The Labute approximate surface area is 140 Å². The van der Waals surface area contributed by atoms with E-state index in [1.54, 1.807) is 24.3 Å². The minimum Gasteiger partial charge on any atom is -0.455 e. The second-order valence-corrected chi connectivity index (χ2v) is 5.41. The van der Waals surface area contributed by atoms with E-state index < -0.39 is 11.9 Å². The first-order valence-corrected chi connectivity index (χ1v) is 7.75. The van der Waals surface area contributed by atoms with E-state index in [1.165, 1.54) is 0 Å². The summed E-state index contributed by atoms with van der Waals surface area (Å²) in [5.41, 5.74) is 1.37. The Balaban J connectivity index is 1.90. The maximum Gasteiger partial charge on any atom is 0.313 e. The minimum atomic E-state index is -0.422. The summed E-state index contributed by atoms with van der Waals surface area (Å²) in [7, 11) is 0. The van der Waals surface area contributed by atoms with E-state index in [0.717, 1.165) is 5.56 Å². The standard InChI is InChI=1S/C18H18ClNO3/c1-2-14(13-8-4-3-5-9-13)18(22)23-12-17(21)20-16-11-7-6-10-15(16)19/h3-11,14H,2,12H2,1H3,(H,20,21)/t14-/m1/s1. The molecule has 0 aromatic heterocycles. The van der Waals surface area contributed by atoms with Crippen LogP contribution in [0.1, 0.15) is 24.8 Å². The van der Waals surface area contributed by atoms with E-state index in [-0.39, 0.29) is 12.5 Å². The van der Waals surface area contributed by atoms with Crippen molar-refractivity contribution in [2.75, 3.05) is 11.9 Å². The van der Waals surface area contributed by atoms with E-state index in [4.69, 9.17) is 16.3 Å². The van der Waals surface area contributed by atoms with Crippen molar-refractivity contribution in [2.24, 2.45) is 0 Å². The van der Waals surface area contributed by atoms with Crippen molar-refractivity contribution in [3.8, 4) is 0 Å². The van der Waals surface area contributed by atoms with Crippen LogP contribution in [-0.2, 0) is 14.3 Å². The van der Waals surface area contributed by atoms with Crippen molar-refractivity contribution in [3.63, 3.8) is 0 Å². The molecule has 0 saturated carbocycles. The highest BCUT2D eigenvalue weighted by atomic mass is 35.5. The predicted molar refractivity (Wildman–Crippen MR) is 90.5 cm³/mol. The summed E-state index contributed by atoms with van der Waals surface area (Å²) in [5.74, 6) is -1.20. The fourth-order valence-corrected chi connectivity index (χ4v) is 2.39. The number of hydrogen-bond acceptors (Lipinski definition) is 3. The Kier molecular flexibility index (Phi) is 6.18. The summed E-state index contributed by atoms with van der Waals surface area (Å²) >= 11 is 5.96. The molecule has 0 radical (unpaired) electrons. The normalized spacial score (nSPS) is 11.6. The maximum atomic E-state index is 12.2. The van der Waals surface area contributed by atoms with Gasteiger partial charge in [-0.15, -0.1) is 0 Å². The summed E-state index contributed by atoms with van der Waals surface area (Å²) in [6, 6.07) is 16.3. The van der Waals surface area contributed by atoms with Gasteiger partial charge in [-0.1, -0.05) is 61.0 Å². The molecule has 5 heteroatoms. The van der Waals surface area contributed by atoms with Gasteiger partial charge >= 0.3 is 5.97 Å². The van der Waals surface area contributed by atoms with Gasteiger partial charge in [-0.25, -0.2) is 0 Å². The molecule has 0 heterocycles. The molecule has 0 fully saturated rings. The Morgan fingerprint density at radius 3 is 2.39 bits per heavy atom. The van der Waals surface area contributed by atoms with Crippen LogP contribution in [0.3, 0.4) is 0 Å². The van der Waals surface area contributed by atoms with Crippen LogP contribution in [0.15, 0.2) is 54.6 Å². The molecule has 4 nitrogen and oxygen atoms in total. The van der Waals surface area contributed by atoms with Gasteiger partial charge in [0.2, 0.25) is 0 Å². The van der Waals surface area contributed by atoms with E-state index >= 15 is 0 Å². The van der Waals surface area contributed by atoms with Crippen molar-refractivity contribution >= 4 is 29.2 Å². The Morgan fingerprint density at radius 2 is 1.74 bits per heavy atom. The SMILES string of the molecule is CC[C@@H](C(=O)OCC(=O)Nc1ccccc1Cl)c1ccccc1. The molecule has 2 rings (SSSR count). The van der Waals surface area contributed by atoms with Crippen molar-refractivity contribution in [3.05, 3.63) is 65.2 Å². The Morgan fingerprint density at radius 1 is 1.09 bits per heavy atom. The smallest absolute Gasteiger partial charge is 0.313 e. The minimum absolute atomic E-state index is 0.340. The molecule has 0 aliphatic rings. The number of benzene rings is 2. The summed E-state index contributed by atoms with van der Waals surface area (Å²) in [5, 5.41) is 3.05. The maximum absolute atomic E-state index is 12.2. The lowest BCUT2D eigenvalue weighted by atomic mass is 9.97. The Hall–Kier alpha value is -2.33. The molecular weight excluding hydrogens is 314 g/mol. The molecule has 2 aromatic rings. The molecule has 120 valence electrons. The number of amides is 1. The molecule has 0 aliphatic carbocycles. The molecule has 1 amide bonds. The number of para-hydroxylation sites is 1. The van der Waals surface area contributed by atoms with Crippen molar-refractivity contribution < 1.29 is 14.3 Å². The van der Waals surface area contributed by atoms with Crippen LogP contribution >= 0.6 is 11.6 Å². The largest absolute Gasteiger partial charge is 0.455 e. The van der Waals surface area contributed by atoms with Gasteiger partial charge in [-0.3, -0.25) is 9.59 Å². The van der Waals surface area contributed by atoms with E-state index in [0.29, 0.717) is 17.1 Å². The Bertz CT molecular complexity index is 673. The lowest BCUT2D eigenvalue weighted by molar-refractivity contribution is -0.149. The first-order chi connectivity index (χ1) is 11.1. The molecule has 0 bridgehead atoms. The average molecular weight is 332 g/mol. The molecule has 23 heavy (non-hydrogen) atoms. The van der Waals surface area contributed by atoms with Gasteiger partial charge < -0.3 is 10.1 Å². The van der Waals surface area contributed by atoms with Gasteiger partial charge in [-0.2, -0.15) is 0 Å². The zero-order valence-corrected chi connectivity index (χ0v) is 13.5. The van der Waals surface area contributed by atoms with Crippen LogP contribution in [0.5, 0.6) is 0 Å². The predicted octanol–water partition coefficient (Wildman–Crippen LogP) is 4.02. The molecule has 1 N–H and O–H groups in total. The third-order valence-electron chi connectivity index (χ3n) is 3.39. The monoisotopic (exact) mass is 331 g/mol. The molecule has 1 atom stereocenters. The van der Waals surface area contributed by atoms with Gasteiger partial charge in [0.25, 0.3) is 5.91 Å². The van der Waals surface area contributed by atoms with Gasteiger partial charge in [-0.05, 0) is 24.1 Å². The molecule has 0 spiro atoms. The number of esters is 1. The molecule has 0 aliphatic heterocycles. The van der Waals surface area contributed by atoms with E-state index in [1.807, 2.05) is 37.3 Å². The second kappa shape index (κ2) is 8.34. The lowest BCUT2D eigenvalue weighted by Gasteiger charge is -2.14. The number of rotatable bonds is 6. The van der Waals surface area contributed by atoms with Crippen molar-refractivity contribution in [1.82, 2.24) is 0 Å². The van der Waals surface area contributed by atoms with Gasteiger partial charge in [0.1, 0.15) is 0 Å². The van der Waals surface area contributed by atoms with Gasteiger partial charge in [0, 0.05) is 0 Å². The number of ether oxygens (including phenoxy) is 1. The third kappa shape index (κ3) is 4.83. The van der Waals surface area contributed by atoms with Crippen LogP contribution in [0.25, 0.3) is 0 Å². The average Bonchev–Trinajstić information content (AvgIpc) is 2.57. The van der Waals surface area contributed by atoms with Crippen LogP contribution in [0.4, 0.5) is 5.69 Å². The number of halogens is 1. The number of nitrogens with one attached hydrogen (secondary N) is 1. The zero-order valence-electron chi connectivity index (χ0n) is 12.8. The number of hydrogen-bond donors (Lipinski definition) is 1. The molecule has 0 unspecified atom stereocenters. The number of anilines is 1. The topological polar surface area (TPSA) is 55.4 Å². The summed E-state index contributed by atoms with van der Waals surface area (Å²) < 4.78 is 5.13. The second-order valence-electron chi connectivity index (χ2n) is 5.01. The molecular formula is C18H18ClNO3. The fourth-order valence-electron chi connectivity index (χ4n) is 2.21. The van der Waals surface area contributed by atoms with Gasteiger partial charge in [0.05, 0.1) is 16.6 Å². The molecule has 0 saturated heterocycles. The van der Waals surface area contributed by atoms with Crippen LogP contribution in [-0.4, -0.2) is 18.5 Å².